The van der Waals surface area contributed by atoms with Gasteiger partial charge in [0.1, 0.15) is 0 Å². The van der Waals surface area contributed by atoms with Gasteiger partial charge >= 0.3 is 0 Å². The van der Waals surface area contributed by atoms with Crippen molar-refractivity contribution in [1.29, 1.82) is 0 Å². The molecular formula is C17H23FN2O2. The van der Waals surface area contributed by atoms with Crippen LogP contribution in [0.2, 0.25) is 0 Å². The normalized spacial score (nSPS) is 26.1. The van der Waals surface area contributed by atoms with Crippen LogP contribution in [0.4, 0.5) is 4.39 Å². The molecule has 5 heteroatoms. The summed E-state index contributed by atoms with van der Waals surface area (Å²) < 4.78 is 13.9. The van der Waals surface area contributed by atoms with Gasteiger partial charge in [0.2, 0.25) is 0 Å². The zero-order valence-corrected chi connectivity index (χ0v) is 12.9. The minimum absolute atomic E-state index is 0.0456. The van der Waals surface area contributed by atoms with Crippen LogP contribution >= 0.6 is 0 Å². The van der Waals surface area contributed by atoms with Crippen molar-refractivity contribution in [3.63, 3.8) is 0 Å². The molecule has 120 valence electrons. The summed E-state index contributed by atoms with van der Waals surface area (Å²) in [6.07, 6.45) is 4.35. The molecule has 1 unspecified atom stereocenters. The van der Waals surface area contributed by atoms with Crippen LogP contribution in [0.15, 0.2) is 12.1 Å². The molecule has 1 aromatic rings. The average Bonchev–Trinajstić information content (AvgIpc) is 2.81. The summed E-state index contributed by atoms with van der Waals surface area (Å²) in [5, 5.41) is 9.43. The standard InChI is InChI=1S/C17H23FN2O2/c1-10(19)12-4-2-11(3-5-12)8-20-9-13-6-7-14(21)16(18)15(13)17(20)22/h6-7,10-12,21H,2-5,8-9,19H2,1H3. The summed E-state index contributed by atoms with van der Waals surface area (Å²) in [7, 11) is 0. The Hall–Kier alpha value is -1.62. The predicted molar refractivity (Wildman–Crippen MR) is 81.9 cm³/mol. The number of halogens is 1. The Morgan fingerprint density at radius 3 is 2.68 bits per heavy atom. The van der Waals surface area contributed by atoms with Gasteiger partial charge in [0.15, 0.2) is 11.6 Å². The summed E-state index contributed by atoms with van der Waals surface area (Å²) in [6.45, 7) is 3.17. The highest BCUT2D eigenvalue weighted by molar-refractivity contribution is 5.99. The largest absolute Gasteiger partial charge is 0.505 e. The second-order valence-electron chi connectivity index (χ2n) is 6.76. The van der Waals surface area contributed by atoms with E-state index in [0.29, 0.717) is 30.5 Å². The summed E-state index contributed by atoms with van der Waals surface area (Å²) in [5.74, 6) is -0.489. The molecule has 0 bridgehead atoms. The van der Waals surface area contributed by atoms with E-state index in [4.69, 9.17) is 5.73 Å². The molecule has 3 N–H and O–H groups in total. The third-order valence-corrected chi connectivity index (χ3v) is 5.18. The first-order valence-electron chi connectivity index (χ1n) is 8.02. The Morgan fingerprint density at radius 2 is 2.05 bits per heavy atom. The molecule has 1 amide bonds. The van der Waals surface area contributed by atoms with Crippen molar-refractivity contribution in [2.45, 2.75) is 45.2 Å². The molecule has 1 saturated carbocycles. The van der Waals surface area contributed by atoms with Gasteiger partial charge in [0.05, 0.1) is 5.56 Å². The van der Waals surface area contributed by atoms with Crippen LogP contribution in [0.3, 0.4) is 0 Å². The second kappa shape index (κ2) is 5.88. The number of amides is 1. The molecule has 2 aliphatic rings. The van der Waals surface area contributed by atoms with E-state index in [9.17, 15) is 14.3 Å². The number of hydrogen-bond acceptors (Lipinski definition) is 3. The monoisotopic (exact) mass is 306 g/mol. The molecular weight excluding hydrogens is 283 g/mol. The third kappa shape index (κ3) is 2.70. The van der Waals surface area contributed by atoms with Gasteiger partial charge in [-0.2, -0.15) is 0 Å². The van der Waals surface area contributed by atoms with Gasteiger partial charge in [-0.05, 0) is 56.1 Å². The fourth-order valence-corrected chi connectivity index (χ4v) is 3.76. The van der Waals surface area contributed by atoms with Crippen molar-refractivity contribution in [3.05, 3.63) is 29.1 Å². The molecule has 3 rings (SSSR count). The van der Waals surface area contributed by atoms with Crippen molar-refractivity contribution in [1.82, 2.24) is 4.90 Å². The van der Waals surface area contributed by atoms with Gasteiger partial charge in [0, 0.05) is 19.1 Å². The molecule has 1 atom stereocenters. The van der Waals surface area contributed by atoms with Crippen LogP contribution in [0.1, 0.15) is 48.5 Å². The molecule has 0 aromatic heterocycles. The van der Waals surface area contributed by atoms with Crippen LogP contribution in [0, 0.1) is 17.7 Å². The van der Waals surface area contributed by atoms with E-state index in [1.165, 1.54) is 6.07 Å². The van der Waals surface area contributed by atoms with Gasteiger partial charge < -0.3 is 15.7 Å². The number of phenols is 1. The Morgan fingerprint density at radius 1 is 1.36 bits per heavy atom. The van der Waals surface area contributed by atoms with Crippen LogP contribution < -0.4 is 5.73 Å². The number of rotatable bonds is 3. The number of phenolic OH excluding ortho intramolecular Hbond substituents is 1. The van der Waals surface area contributed by atoms with Gasteiger partial charge in [-0.1, -0.05) is 6.07 Å². The minimum atomic E-state index is -0.786. The molecule has 4 nitrogen and oxygen atoms in total. The fourth-order valence-electron chi connectivity index (χ4n) is 3.76. The second-order valence-corrected chi connectivity index (χ2v) is 6.76. The summed E-state index contributed by atoms with van der Waals surface area (Å²) in [6, 6.07) is 3.19. The summed E-state index contributed by atoms with van der Waals surface area (Å²) in [4.78, 5) is 14.1. The number of carbonyl (C=O) groups excluding carboxylic acids is 1. The van der Waals surface area contributed by atoms with E-state index in [1.807, 2.05) is 0 Å². The molecule has 1 aliphatic heterocycles. The molecule has 1 aromatic carbocycles. The van der Waals surface area contributed by atoms with Gasteiger partial charge in [-0.3, -0.25) is 4.79 Å². The number of fused-ring (bicyclic) bond motifs is 1. The van der Waals surface area contributed by atoms with E-state index in [0.717, 1.165) is 25.7 Å². The van der Waals surface area contributed by atoms with E-state index in [-0.39, 0.29) is 17.5 Å². The van der Waals surface area contributed by atoms with E-state index in [2.05, 4.69) is 6.92 Å². The number of benzene rings is 1. The molecule has 0 radical (unpaired) electrons. The lowest BCUT2D eigenvalue weighted by atomic mass is 9.79. The average molecular weight is 306 g/mol. The minimum Gasteiger partial charge on any atom is -0.505 e. The highest BCUT2D eigenvalue weighted by Gasteiger charge is 2.34. The predicted octanol–water partition coefficient (Wildman–Crippen LogP) is 2.64. The van der Waals surface area contributed by atoms with Gasteiger partial charge in [-0.15, -0.1) is 0 Å². The Bertz CT molecular complexity index is 580. The number of aromatic hydroxyl groups is 1. The zero-order chi connectivity index (χ0) is 15.9. The molecule has 1 heterocycles. The number of carbonyl (C=O) groups is 1. The third-order valence-electron chi connectivity index (χ3n) is 5.18. The number of nitrogens with zero attached hydrogens (tertiary/aromatic N) is 1. The van der Waals surface area contributed by atoms with Crippen molar-refractivity contribution >= 4 is 5.91 Å². The van der Waals surface area contributed by atoms with Crippen molar-refractivity contribution in [3.8, 4) is 5.75 Å². The Kier molecular flexibility index (Phi) is 4.08. The smallest absolute Gasteiger partial charge is 0.257 e. The lowest BCUT2D eigenvalue weighted by Gasteiger charge is -2.32. The van der Waals surface area contributed by atoms with Crippen molar-refractivity contribution in [2.24, 2.45) is 17.6 Å². The maximum Gasteiger partial charge on any atom is 0.257 e. The highest BCUT2D eigenvalue weighted by atomic mass is 19.1. The number of nitrogens with two attached hydrogens (primary N) is 1. The van der Waals surface area contributed by atoms with E-state index < -0.39 is 11.6 Å². The quantitative estimate of drug-likeness (QED) is 0.902. The van der Waals surface area contributed by atoms with Crippen LogP contribution in [-0.2, 0) is 6.54 Å². The first-order valence-corrected chi connectivity index (χ1v) is 8.02. The molecule has 0 saturated heterocycles. The first-order chi connectivity index (χ1) is 10.5. The highest BCUT2D eigenvalue weighted by Crippen LogP contribution is 2.34. The molecule has 1 fully saturated rings. The lowest BCUT2D eigenvalue weighted by Crippen LogP contribution is -2.35. The fraction of sp³-hybridized carbons (Fsp3) is 0.588. The first kappa shape index (κ1) is 15.3. The Labute approximate surface area is 130 Å². The maximum absolute atomic E-state index is 13.9. The van der Waals surface area contributed by atoms with Crippen molar-refractivity contribution in [2.75, 3.05) is 6.54 Å². The van der Waals surface area contributed by atoms with Crippen LogP contribution in [-0.4, -0.2) is 28.5 Å². The van der Waals surface area contributed by atoms with Crippen molar-refractivity contribution < 1.29 is 14.3 Å². The Balaban J connectivity index is 1.64. The van der Waals surface area contributed by atoms with E-state index in [1.54, 1.807) is 11.0 Å². The number of hydrogen-bond donors (Lipinski definition) is 2. The molecule has 1 aliphatic carbocycles. The van der Waals surface area contributed by atoms with Crippen LogP contribution in [0.25, 0.3) is 0 Å². The zero-order valence-electron chi connectivity index (χ0n) is 12.9. The molecule has 22 heavy (non-hydrogen) atoms. The van der Waals surface area contributed by atoms with E-state index >= 15 is 0 Å². The van der Waals surface area contributed by atoms with Gasteiger partial charge in [0.25, 0.3) is 5.91 Å². The SMILES string of the molecule is CC(N)C1CCC(CN2Cc3ccc(O)c(F)c3C2=O)CC1. The summed E-state index contributed by atoms with van der Waals surface area (Å²) >= 11 is 0. The van der Waals surface area contributed by atoms with Crippen LogP contribution in [0.5, 0.6) is 5.75 Å². The molecule has 0 spiro atoms. The summed E-state index contributed by atoms with van der Waals surface area (Å²) in [5.41, 5.74) is 6.67. The topological polar surface area (TPSA) is 66.6 Å². The van der Waals surface area contributed by atoms with Gasteiger partial charge in [-0.25, -0.2) is 4.39 Å². The lowest BCUT2D eigenvalue weighted by molar-refractivity contribution is 0.0723. The maximum atomic E-state index is 13.9.